The van der Waals surface area contributed by atoms with E-state index in [0.717, 1.165) is 5.56 Å². The molecule has 0 aliphatic rings. The molecule has 2 rings (SSSR count). The molecule has 114 valence electrons. The van der Waals surface area contributed by atoms with E-state index in [1.165, 1.54) is 11.0 Å². The first kappa shape index (κ1) is 16.4. The third-order valence-electron chi connectivity index (χ3n) is 3.05. The zero-order valence-electron chi connectivity index (χ0n) is 11.5. The minimum Gasteiger partial charge on any atom is -0.395 e. The van der Waals surface area contributed by atoms with Crippen LogP contribution in [0.2, 0.25) is 10.0 Å². The number of nitrogens with zero attached hydrogens (tertiary/aromatic N) is 2. The Morgan fingerprint density at radius 2 is 2.05 bits per heavy atom. The minimum atomic E-state index is -0.304. The number of aliphatic hydroxyl groups is 1. The van der Waals surface area contributed by atoms with E-state index in [1.54, 1.807) is 24.3 Å². The maximum Gasteiger partial charge on any atom is 0.270 e. The van der Waals surface area contributed by atoms with Crippen molar-refractivity contribution < 1.29 is 9.90 Å². The number of halogens is 2. The molecular formula is C15H13Cl2N3O2. The normalized spacial score (nSPS) is 10.3. The average Bonchev–Trinajstić information content (AvgIpc) is 2.99. The van der Waals surface area contributed by atoms with E-state index >= 15 is 0 Å². The first-order valence-corrected chi connectivity index (χ1v) is 7.24. The molecule has 1 aromatic carbocycles. The van der Waals surface area contributed by atoms with Gasteiger partial charge in [0.15, 0.2) is 0 Å². The molecule has 0 bridgehead atoms. The number of aliphatic hydroxyl groups excluding tert-OH is 1. The lowest BCUT2D eigenvalue weighted by atomic mass is 10.2. The summed E-state index contributed by atoms with van der Waals surface area (Å²) in [5.41, 5.74) is 1.40. The van der Waals surface area contributed by atoms with Crippen molar-refractivity contribution in [2.75, 3.05) is 13.2 Å². The van der Waals surface area contributed by atoms with Crippen LogP contribution in [0.15, 0.2) is 30.3 Å². The third kappa shape index (κ3) is 3.80. The van der Waals surface area contributed by atoms with Gasteiger partial charge >= 0.3 is 0 Å². The van der Waals surface area contributed by atoms with Gasteiger partial charge in [0, 0.05) is 13.1 Å². The van der Waals surface area contributed by atoms with E-state index in [-0.39, 0.29) is 25.6 Å². The first-order valence-electron chi connectivity index (χ1n) is 6.48. The Labute approximate surface area is 137 Å². The van der Waals surface area contributed by atoms with Crippen LogP contribution in [0.4, 0.5) is 0 Å². The van der Waals surface area contributed by atoms with Gasteiger partial charge in [0.05, 0.1) is 16.7 Å². The Morgan fingerprint density at radius 1 is 1.27 bits per heavy atom. The Hall–Kier alpha value is -2.00. The molecular weight excluding hydrogens is 325 g/mol. The number of aromatic amines is 1. The predicted molar refractivity (Wildman–Crippen MR) is 83.8 cm³/mol. The standard InChI is InChI=1S/C15H13Cl2N3O2/c16-12-3-1-10(7-13(12)17)9-20(5-6-21)15(22)14-4-2-11(8-18)19-14/h1-4,7,19,21H,5-6,9H2. The molecule has 0 aliphatic heterocycles. The maximum absolute atomic E-state index is 12.4. The third-order valence-corrected chi connectivity index (χ3v) is 3.79. The number of hydrogen-bond acceptors (Lipinski definition) is 3. The quantitative estimate of drug-likeness (QED) is 0.880. The molecule has 2 N–H and O–H groups in total. The van der Waals surface area contributed by atoms with Crippen LogP contribution in [-0.2, 0) is 6.54 Å². The van der Waals surface area contributed by atoms with Gasteiger partial charge in [-0.25, -0.2) is 0 Å². The lowest BCUT2D eigenvalue weighted by Crippen LogP contribution is -2.33. The second-order valence-corrected chi connectivity index (χ2v) is 5.41. The molecule has 1 heterocycles. The zero-order valence-corrected chi connectivity index (χ0v) is 13.0. The molecule has 22 heavy (non-hydrogen) atoms. The zero-order chi connectivity index (χ0) is 16.1. The molecule has 2 aromatic rings. The summed E-state index contributed by atoms with van der Waals surface area (Å²) >= 11 is 11.8. The molecule has 5 nitrogen and oxygen atoms in total. The molecule has 1 aromatic heterocycles. The summed E-state index contributed by atoms with van der Waals surface area (Å²) < 4.78 is 0. The number of carbonyl (C=O) groups excluding carboxylic acids is 1. The summed E-state index contributed by atoms with van der Waals surface area (Å²) in [4.78, 5) is 16.6. The molecule has 0 atom stereocenters. The van der Waals surface area contributed by atoms with Crippen LogP contribution in [0.5, 0.6) is 0 Å². The highest BCUT2D eigenvalue weighted by molar-refractivity contribution is 6.42. The van der Waals surface area contributed by atoms with E-state index in [2.05, 4.69) is 4.98 Å². The van der Waals surface area contributed by atoms with Gasteiger partial charge in [-0.15, -0.1) is 0 Å². The molecule has 7 heteroatoms. The summed E-state index contributed by atoms with van der Waals surface area (Å²) in [6, 6.07) is 10.1. The molecule has 1 amide bonds. The Kier molecular flexibility index (Phi) is 5.45. The van der Waals surface area contributed by atoms with Crippen molar-refractivity contribution in [1.29, 1.82) is 5.26 Å². The van der Waals surface area contributed by atoms with Gasteiger partial charge in [-0.1, -0.05) is 29.3 Å². The summed E-state index contributed by atoms with van der Waals surface area (Å²) in [7, 11) is 0. The van der Waals surface area contributed by atoms with Gasteiger partial charge in [-0.3, -0.25) is 4.79 Å². The van der Waals surface area contributed by atoms with Crippen molar-refractivity contribution >= 4 is 29.1 Å². The van der Waals surface area contributed by atoms with Crippen molar-refractivity contribution in [3.8, 4) is 6.07 Å². The molecule has 0 aliphatic carbocycles. The van der Waals surface area contributed by atoms with E-state index in [1.807, 2.05) is 6.07 Å². The summed E-state index contributed by atoms with van der Waals surface area (Å²) in [6.07, 6.45) is 0. The van der Waals surface area contributed by atoms with Crippen molar-refractivity contribution in [2.45, 2.75) is 6.54 Å². The van der Waals surface area contributed by atoms with Gasteiger partial charge in [0.25, 0.3) is 5.91 Å². The molecule has 0 saturated carbocycles. The molecule has 0 radical (unpaired) electrons. The van der Waals surface area contributed by atoms with Crippen LogP contribution in [-0.4, -0.2) is 34.0 Å². The first-order chi connectivity index (χ1) is 10.5. The Morgan fingerprint density at radius 3 is 2.64 bits per heavy atom. The van der Waals surface area contributed by atoms with E-state index < -0.39 is 0 Å². The van der Waals surface area contributed by atoms with Gasteiger partial charge in [-0.05, 0) is 29.8 Å². The minimum absolute atomic E-state index is 0.167. The largest absolute Gasteiger partial charge is 0.395 e. The number of rotatable bonds is 5. The average molecular weight is 338 g/mol. The van der Waals surface area contributed by atoms with Crippen molar-refractivity contribution in [2.24, 2.45) is 0 Å². The van der Waals surface area contributed by atoms with Crippen molar-refractivity contribution in [3.63, 3.8) is 0 Å². The maximum atomic E-state index is 12.4. The fourth-order valence-electron chi connectivity index (χ4n) is 1.99. The molecule has 0 spiro atoms. The smallest absolute Gasteiger partial charge is 0.270 e. The van der Waals surface area contributed by atoms with E-state index in [4.69, 9.17) is 33.6 Å². The highest BCUT2D eigenvalue weighted by Crippen LogP contribution is 2.23. The van der Waals surface area contributed by atoms with Crippen LogP contribution in [0.1, 0.15) is 21.7 Å². The number of nitriles is 1. The Bertz CT molecular complexity index is 722. The van der Waals surface area contributed by atoms with E-state index in [9.17, 15) is 4.79 Å². The fourth-order valence-corrected chi connectivity index (χ4v) is 2.31. The second kappa shape index (κ2) is 7.32. The van der Waals surface area contributed by atoms with Gasteiger partial charge in [-0.2, -0.15) is 5.26 Å². The van der Waals surface area contributed by atoms with E-state index in [0.29, 0.717) is 21.4 Å². The number of carbonyl (C=O) groups is 1. The summed E-state index contributed by atoms with van der Waals surface area (Å²) in [5, 5.41) is 18.8. The van der Waals surface area contributed by atoms with Gasteiger partial charge < -0.3 is 15.0 Å². The SMILES string of the molecule is N#Cc1ccc(C(=O)N(CCO)Cc2ccc(Cl)c(Cl)c2)[nH]1. The van der Waals surface area contributed by atoms with Crippen molar-refractivity contribution in [1.82, 2.24) is 9.88 Å². The predicted octanol–water partition coefficient (Wildman–Crippen LogP) is 2.83. The number of H-pyrrole nitrogens is 1. The molecule has 0 saturated heterocycles. The van der Waals surface area contributed by atoms with Crippen LogP contribution in [0.3, 0.4) is 0 Å². The lowest BCUT2D eigenvalue weighted by molar-refractivity contribution is 0.0702. The number of amides is 1. The van der Waals surface area contributed by atoms with Gasteiger partial charge in [0.1, 0.15) is 17.5 Å². The van der Waals surface area contributed by atoms with Crippen LogP contribution in [0, 0.1) is 11.3 Å². The van der Waals surface area contributed by atoms with Gasteiger partial charge in [0.2, 0.25) is 0 Å². The van der Waals surface area contributed by atoms with Crippen LogP contribution < -0.4 is 0 Å². The summed E-state index contributed by atoms with van der Waals surface area (Å²) in [5.74, 6) is -0.304. The van der Waals surface area contributed by atoms with Crippen LogP contribution >= 0.6 is 23.2 Å². The Balaban J connectivity index is 2.20. The molecule has 0 unspecified atom stereocenters. The summed E-state index contributed by atoms with van der Waals surface area (Å²) in [6.45, 7) is 0.274. The van der Waals surface area contributed by atoms with Crippen LogP contribution in [0.25, 0.3) is 0 Å². The lowest BCUT2D eigenvalue weighted by Gasteiger charge is -2.21. The second-order valence-electron chi connectivity index (χ2n) is 4.60. The van der Waals surface area contributed by atoms with Crippen molar-refractivity contribution in [3.05, 3.63) is 57.3 Å². The monoisotopic (exact) mass is 337 g/mol. The topological polar surface area (TPSA) is 80.1 Å². The fraction of sp³-hybridized carbons (Fsp3) is 0.200. The number of benzene rings is 1. The highest BCUT2D eigenvalue weighted by Gasteiger charge is 2.17. The number of aromatic nitrogens is 1. The number of nitrogens with one attached hydrogen (secondary N) is 1. The number of hydrogen-bond donors (Lipinski definition) is 2. The highest BCUT2D eigenvalue weighted by atomic mass is 35.5. The molecule has 0 fully saturated rings.